The summed E-state index contributed by atoms with van der Waals surface area (Å²) in [6.45, 7) is 5.85. The number of nitrogens with one attached hydrogen (secondary N) is 1. The van der Waals surface area contributed by atoms with Crippen LogP contribution in [0.1, 0.15) is 46.0 Å². The Kier molecular flexibility index (Phi) is 6.96. The highest BCUT2D eigenvalue weighted by molar-refractivity contribution is 8.01. The first-order valence-corrected chi connectivity index (χ1v) is 9.38. The number of thioether (sulfide) groups is 1. The van der Waals surface area contributed by atoms with Crippen LogP contribution in [0.3, 0.4) is 0 Å². The molecule has 23 heavy (non-hydrogen) atoms. The van der Waals surface area contributed by atoms with Gasteiger partial charge in [0.2, 0.25) is 11.8 Å². The molecule has 1 N–H and O–H groups in total. The van der Waals surface area contributed by atoms with Gasteiger partial charge in [-0.25, -0.2) is 0 Å². The average Bonchev–Trinajstić information content (AvgIpc) is 2.55. The number of anilines is 1. The zero-order valence-corrected chi connectivity index (χ0v) is 14.8. The van der Waals surface area contributed by atoms with Gasteiger partial charge in [-0.3, -0.25) is 9.59 Å². The summed E-state index contributed by atoms with van der Waals surface area (Å²) < 4.78 is 0. The van der Waals surface area contributed by atoms with Gasteiger partial charge in [0.05, 0.1) is 10.9 Å². The van der Waals surface area contributed by atoms with Gasteiger partial charge in [0.25, 0.3) is 0 Å². The number of carbonyl (C=O) groups excluding carboxylic acids is 2. The van der Waals surface area contributed by atoms with Gasteiger partial charge in [-0.2, -0.15) is 0 Å². The molecule has 1 aromatic carbocycles. The molecule has 2 rings (SSSR count). The molecule has 1 aromatic rings. The van der Waals surface area contributed by atoms with Crippen molar-refractivity contribution in [2.45, 2.75) is 56.1 Å². The van der Waals surface area contributed by atoms with Crippen LogP contribution in [0, 0.1) is 0 Å². The number of carbonyl (C=O) groups is 2. The van der Waals surface area contributed by atoms with Crippen molar-refractivity contribution in [3.63, 3.8) is 0 Å². The Hall–Kier alpha value is -1.49. The van der Waals surface area contributed by atoms with Gasteiger partial charge in [-0.05, 0) is 25.0 Å². The third-order valence-corrected chi connectivity index (χ3v) is 5.26. The smallest absolute Gasteiger partial charge is 0.238 e. The Balaban J connectivity index is 1.98. The molecule has 0 saturated heterocycles. The van der Waals surface area contributed by atoms with E-state index in [4.69, 9.17) is 0 Å². The Labute approximate surface area is 143 Å². The normalized spacial score (nSPS) is 16.6. The lowest BCUT2D eigenvalue weighted by molar-refractivity contribution is -0.132. The summed E-state index contributed by atoms with van der Waals surface area (Å²) in [5.41, 5.74) is 0.847. The van der Waals surface area contributed by atoms with Gasteiger partial charge < -0.3 is 10.2 Å². The molecule has 5 heteroatoms. The number of unbranched alkanes of at least 4 members (excludes halogenated alkanes) is 2. The minimum absolute atomic E-state index is 0.0621. The molecule has 2 amide bonds. The monoisotopic (exact) mass is 334 g/mol. The number of nitrogens with zero attached hydrogens (tertiary/aromatic N) is 1. The van der Waals surface area contributed by atoms with Crippen molar-refractivity contribution >= 4 is 29.3 Å². The lowest BCUT2D eigenvalue weighted by atomic mass is 10.2. The number of rotatable bonds is 8. The summed E-state index contributed by atoms with van der Waals surface area (Å²) in [5.74, 6) is 0.0342. The second-order valence-corrected chi connectivity index (χ2v) is 7.13. The molecule has 126 valence electrons. The van der Waals surface area contributed by atoms with Gasteiger partial charge in [-0.15, -0.1) is 11.8 Å². The lowest BCUT2D eigenvalue weighted by Crippen LogP contribution is -2.38. The van der Waals surface area contributed by atoms with Crippen LogP contribution >= 0.6 is 11.8 Å². The summed E-state index contributed by atoms with van der Waals surface area (Å²) in [4.78, 5) is 27.8. The van der Waals surface area contributed by atoms with Crippen LogP contribution in [0.2, 0.25) is 0 Å². The van der Waals surface area contributed by atoms with E-state index < -0.39 is 0 Å². The van der Waals surface area contributed by atoms with E-state index in [2.05, 4.69) is 19.2 Å². The molecule has 0 bridgehead atoms. The second-order valence-electron chi connectivity index (χ2n) is 5.88. The fraction of sp³-hybridized carbons (Fsp3) is 0.556. The summed E-state index contributed by atoms with van der Waals surface area (Å²) in [5, 5.41) is 2.58. The highest BCUT2D eigenvalue weighted by atomic mass is 32.2. The van der Waals surface area contributed by atoms with Crippen LogP contribution < -0.4 is 5.32 Å². The van der Waals surface area contributed by atoms with E-state index in [9.17, 15) is 9.59 Å². The topological polar surface area (TPSA) is 49.4 Å². The molecular formula is C18H26N2O2S. The van der Waals surface area contributed by atoms with Gasteiger partial charge in [0.1, 0.15) is 0 Å². The summed E-state index contributed by atoms with van der Waals surface area (Å²) in [7, 11) is 0. The number of para-hydroxylation sites is 1. The van der Waals surface area contributed by atoms with Crippen molar-refractivity contribution in [2.75, 3.05) is 18.4 Å². The molecule has 0 spiro atoms. The molecule has 1 unspecified atom stereocenters. The number of benzene rings is 1. The zero-order chi connectivity index (χ0) is 16.7. The number of hydrogen-bond donors (Lipinski definition) is 1. The molecule has 1 aliphatic heterocycles. The van der Waals surface area contributed by atoms with Crippen molar-refractivity contribution in [3.8, 4) is 0 Å². The Bertz CT molecular complexity index is 540. The fourth-order valence-corrected chi connectivity index (χ4v) is 3.68. The zero-order valence-electron chi connectivity index (χ0n) is 14.0. The van der Waals surface area contributed by atoms with Crippen LogP contribution in [-0.4, -0.2) is 35.1 Å². The largest absolute Gasteiger partial charge is 0.343 e. The highest BCUT2D eigenvalue weighted by Crippen LogP contribution is 2.36. The number of fused-ring (bicyclic) bond motifs is 1. The Morgan fingerprint density at radius 1 is 1.17 bits per heavy atom. The summed E-state index contributed by atoms with van der Waals surface area (Å²) in [6, 6.07) is 7.75. The van der Waals surface area contributed by atoms with Crippen LogP contribution in [0.15, 0.2) is 29.2 Å². The van der Waals surface area contributed by atoms with Crippen molar-refractivity contribution in [1.82, 2.24) is 4.90 Å². The van der Waals surface area contributed by atoms with Crippen LogP contribution in [0.25, 0.3) is 0 Å². The molecule has 0 radical (unpaired) electrons. The third-order valence-electron chi connectivity index (χ3n) is 3.98. The van der Waals surface area contributed by atoms with E-state index in [1.807, 2.05) is 29.2 Å². The second kappa shape index (κ2) is 8.96. The van der Waals surface area contributed by atoms with Crippen molar-refractivity contribution in [1.29, 1.82) is 0 Å². The van der Waals surface area contributed by atoms with E-state index >= 15 is 0 Å². The Morgan fingerprint density at radius 2 is 1.83 bits per heavy atom. The summed E-state index contributed by atoms with van der Waals surface area (Å²) >= 11 is 1.50. The van der Waals surface area contributed by atoms with Gasteiger partial charge in [0, 0.05) is 24.4 Å². The SMILES string of the molecule is CCCCN(CCCC)C(=O)CC1Sc2ccccc2NC1=O. The van der Waals surface area contributed by atoms with E-state index in [1.165, 1.54) is 11.8 Å². The van der Waals surface area contributed by atoms with Crippen LogP contribution in [0.4, 0.5) is 5.69 Å². The maximum atomic E-state index is 12.6. The highest BCUT2D eigenvalue weighted by Gasteiger charge is 2.30. The molecular weight excluding hydrogens is 308 g/mol. The third kappa shape index (κ3) is 4.99. The van der Waals surface area contributed by atoms with Crippen molar-refractivity contribution in [3.05, 3.63) is 24.3 Å². The van der Waals surface area contributed by atoms with E-state index in [1.54, 1.807) is 0 Å². The molecule has 1 atom stereocenters. The summed E-state index contributed by atoms with van der Waals surface area (Å²) in [6.07, 6.45) is 4.45. The van der Waals surface area contributed by atoms with E-state index in [0.717, 1.165) is 49.4 Å². The first-order chi connectivity index (χ1) is 11.2. The molecule has 0 aromatic heterocycles. The molecule has 1 heterocycles. The molecule has 4 nitrogen and oxygen atoms in total. The predicted molar refractivity (Wildman–Crippen MR) is 95.7 cm³/mol. The van der Waals surface area contributed by atoms with E-state index in [0.29, 0.717) is 0 Å². The maximum Gasteiger partial charge on any atom is 0.238 e. The van der Waals surface area contributed by atoms with Gasteiger partial charge >= 0.3 is 0 Å². The average molecular weight is 334 g/mol. The van der Waals surface area contributed by atoms with Crippen molar-refractivity contribution < 1.29 is 9.59 Å². The fourth-order valence-electron chi connectivity index (χ4n) is 2.57. The minimum atomic E-state index is -0.330. The number of amides is 2. The molecule has 0 saturated carbocycles. The van der Waals surface area contributed by atoms with Crippen LogP contribution in [0.5, 0.6) is 0 Å². The Morgan fingerprint density at radius 3 is 2.48 bits per heavy atom. The van der Waals surface area contributed by atoms with Gasteiger partial charge in [-0.1, -0.05) is 38.8 Å². The molecule has 0 fully saturated rings. The quantitative estimate of drug-likeness (QED) is 0.784. The first-order valence-electron chi connectivity index (χ1n) is 8.50. The minimum Gasteiger partial charge on any atom is -0.343 e. The van der Waals surface area contributed by atoms with Gasteiger partial charge in [0.15, 0.2) is 0 Å². The lowest BCUT2D eigenvalue weighted by Gasteiger charge is -2.27. The van der Waals surface area contributed by atoms with E-state index in [-0.39, 0.29) is 23.5 Å². The predicted octanol–water partition coefficient (Wildman–Crippen LogP) is 3.92. The molecule has 0 aliphatic carbocycles. The molecule has 1 aliphatic rings. The number of hydrogen-bond acceptors (Lipinski definition) is 3. The van der Waals surface area contributed by atoms with Crippen molar-refractivity contribution in [2.24, 2.45) is 0 Å². The maximum absolute atomic E-state index is 12.6. The first kappa shape index (κ1) is 17.9. The van der Waals surface area contributed by atoms with Crippen LogP contribution in [-0.2, 0) is 9.59 Å². The standard InChI is InChI=1S/C18H26N2O2S/c1-3-5-11-20(12-6-4-2)17(21)13-16-18(22)19-14-9-7-8-10-15(14)23-16/h7-10,16H,3-6,11-13H2,1-2H3,(H,19,22).